The van der Waals surface area contributed by atoms with Crippen LogP contribution in [0.25, 0.3) is 0 Å². The Hall–Kier alpha value is -0.570. The summed E-state index contributed by atoms with van der Waals surface area (Å²) in [5.74, 6) is -0.156. The maximum absolute atomic E-state index is 10.9. The smallest absolute Gasteiger partial charge is 0.323 e. The van der Waals surface area contributed by atoms with E-state index in [1.165, 1.54) is 7.11 Å². The summed E-state index contributed by atoms with van der Waals surface area (Å²) in [6, 6.07) is -0.0995. The van der Waals surface area contributed by atoms with E-state index in [1.54, 1.807) is 0 Å². The Morgan fingerprint density at radius 3 is 2.40 bits per heavy atom. The molecule has 58 valence electrons. The number of carbonyl (C=O) groups is 1. The molecule has 0 saturated carbocycles. The molecule has 3 heteroatoms. The van der Waals surface area contributed by atoms with E-state index >= 15 is 0 Å². The molecule has 0 unspecified atom stereocenters. The molecule has 0 spiro atoms. The largest absolute Gasteiger partial charge is 0.468 e. The number of esters is 1. The minimum absolute atomic E-state index is 0.0765. The predicted molar refractivity (Wildman–Crippen MR) is 37.6 cm³/mol. The molecular weight excluding hydrogens is 130 g/mol. The number of ether oxygens (including phenoxy) is 1. The molecule has 1 aliphatic heterocycles. The van der Waals surface area contributed by atoms with Crippen LogP contribution in [0.2, 0.25) is 0 Å². The van der Waals surface area contributed by atoms with Crippen LogP contribution in [0, 0.1) is 5.41 Å². The maximum atomic E-state index is 10.9. The van der Waals surface area contributed by atoms with Crippen LogP contribution >= 0.6 is 0 Å². The zero-order valence-electron chi connectivity index (χ0n) is 6.60. The Morgan fingerprint density at radius 2 is 2.30 bits per heavy atom. The van der Waals surface area contributed by atoms with Gasteiger partial charge in [0.05, 0.1) is 7.11 Å². The lowest BCUT2D eigenvalue weighted by atomic mass is 9.77. The summed E-state index contributed by atoms with van der Waals surface area (Å²) in [6.07, 6.45) is 0. The number of nitrogens with one attached hydrogen (secondary N) is 1. The summed E-state index contributed by atoms with van der Waals surface area (Å²) in [7, 11) is 1.42. The monoisotopic (exact) mass is 143 g/mol. The van der Waals surface area contributed by atoms with Gasteiger partial charge < -0.3 is 10.1 Å². The van der Waals surface area contributed by atoms with Gasteiger partial charge in [0.1, 0.15) is 6.04 Å². The van der Waals surface area contributed by atoms with E-state index in [9.17, 15) is 4.79 Å². The summed E-state index contributed by atoms with van der Waals surface area (Å²) in [4.78, 5) is 10.9. The molecule has 1 heterocycles. The zero-order valence-corrected chi connectivity index (χ0v) is 6.60. The number of methoxy groups -OCH3 is 1. The van der Waals surface area contributed by atoms with E-state index in [0.29, 0.717) is 0 Å². The lowest BCUT2D eigenvalue weighted by Crippen LogP contribution is -2.63. The highest BCUT2D eigenvalue weighted by atomic mass is 16.5. The van der Waals surface area contributed by atoms with Gasteiger partial charge in [0, 0.05) is 12.0 Å². The molecule has 1 atom stereocenters. The Balaban J connectivity index is 2.51. The Labute approximate surface area is 60.7 Å². The van der Waals surface area contributed by atoms with Crippen LogP contribution < -0.4 is 5.32 Å². The average Bonchev–Trinajstić information content (AvgIpc) is 1.86. The van der Waals surface area contributed by atoms with Crippen LogP contribution in [0.1, 0.15) is 13.8 Å². The molecule has 0 aromatic rings. The molecule has 3 nitrogen and oxygen atoms in total. The van der Waals surface area contributed by atoms with Crippen molar-refractivity contribution in [1.82, 2.24) is 5.32 Å². The van der Waals surface area contributed by atoms with Crippen molar-refractivity contribution in [2.24, 2.45) is 5.41 Å². The second kappa shape index (κ2) is 2.23. The van der Waals surface area contributed by atoms with Gasteiger partial charge in [-0.2, -0.15) is 0 Å². The maximum Gasteiger partial charge on any atom is 0.323 e. The highest BCUT2D eigenvalue weighted by molar-refractivity contribution is 5.78. The molecule has 0 aromatic carbocycles. The molecule has 0 amide bonds. The third kappa shape index (κ3) is 1.01. The fraction of sp³-hybridized carbons (Fsp3) is 0.857. The third-order valence-electron chi connectivity index (χ3n) is 1.98. The van der Waals surface area contributed by atoms with Crippen LogP contribution in [0.15, 0.2) is 0 Å². The standard InChI is InChI=1S/C7H13NO2/c1-7(2)4-8-5(7)6(9)10-3/h5,8H,4H2,1-3H3/t5-/m1/s1. The van der Waals surface area contributed by atoms with Crippen molar-refractivity contribution in [3.05, 3.63) is 0 Å². The molecule has 1 N–H and O–H groups in total. The fourth-order valence-electron chi connectivity index (χ4n) is 1.13. The zero-order chi connectivity index (χ0) is 7.78. The average molecular weight is 143 g/mol. The molecule has 0 bridgehead atoms. The molecule has 0 aliphatic carbocycles. The summed E-state index contributed by atoms with van der Waals surface area (Å²) in [5, 5.41) is 3.01. The van der Waals surface area contributed by atoms with E-state index in [2.05, 4.69) is 10.1 Å². The Morgan fingerprint density at radius 1 is 1.70 bits per heavy atom. The highest BCUT2D eigenvalue weighted by Crippen LogP contribution is 2.28. The number of hydrogen-bond donors (Lipinski definition) is 1. The second-order valence-corrected chi connectivity index (χ2v) is 3.33. The van der Waals surface area contributed by atoms with Gasteiger partial charge >= 0.3 is 5.97 Å². The van der Waals surface area contributed by atoms with E-state index in [4.69, 9.17) is 0 Å². The third-order valence-corrected chi connectivity index (χ3v) is 1.98. The molecule has 1 rings (SSSR count). The molecule has 0 aromatic heterocycles. The summed E-state index contributed by atoms with van der Waals surface area (Å²) in [6.45, 7) is 4.99. The topological polar surface area (TPSA) is 38.3 Å². The van der Waals surface area contributed by atoms with E-state index in [0.717, 1.165) is 6.54 Å². The van der Waals surface area contributed by atoms with Gasteiger partial charge in [-0.3, -0.25) is 4.79 Å². The normalized spacial score (nSPS) is 28.9. The van der Waals surface area contributed by atoms with Crippen molar-refractivity contribution in [2.75, 3.05) is 13.7 Å². The predicted octanol–water partition coefficient (Wildman–Crippen LogP) is 0.157. The molecule has 1 aliphatic rings. The van der Waals surface area contributed by atoms with Crippen molar-refractivity contribution in [1.29, 1.82) is 0 Å². The lowest BCUT2D eigenvalue weighted by molar-refractivity contribution is -0.150. The number of hydrogen-bond acceptors (Lipinski definition) is 3. The molecule has 0 radical (unpaired) electrons. The van der Waals surface area contributed by atoms with Crippen LogP contribution in [0.4, 0.5) is 0 Å². The van der Waals surface area contributed by atoms with Crippen molar-refractivity contribution >= 4 is 5.97 Å². The van der Waals surface area contributed by atoms with Crippen LogP contribution in [0.3, 0.4) is 0 Å². The van der Waals surface area contributed by atoms with Crippen LogP contribution in [-0.4, -0.2) is 25.7 Å². The van der Waals surface area contributed by atoms with Gasteiger partial charge in [-0.25, -0.2) is 0 Å². The summed E-state index contributed by atoms with van der Waals surface area (Å²) >= 11 is 0. The first-order valence-corrected chi connectivity index (χ1v) is 3.39. The van der Waals surface area contributed by atoms with Gasteiger partial charge in [-0.1, -0.05) is 13.8 Å². The first-order chi connectivity index (χ1) is 4.58. The van der Waals surface area contributed by atoms with E-state index < -0.39 is 0 Å². The number of rotatable bonds is 1. The minimum atomic E-state index is -0.156. The number of carbonyl (C=O) groups excluding carboxylic acids is 1. The molecule has 1 saturated heterocycles. The van der Waals surface area contributed by atoms with Crippen molar-refractivity contribution in [3.63, 3.8) is 0 Å². The Bertz CT molecular complexity index is 154. The highest BCUT2D eigenvalue weighted by Gasteiger charge is 2.43. The van der Waals surface area contributed by atoms with Gasteiger partial charge in [0.2, 0.25) is 0 Å². The van der Waals surface area contributed by atoms with Crippen molar-refractivity contribution in [2.45, 2.75) is 19.9 Å². The van der Waals surface area contributed by atoms with Gasteiger partial charge in [-0.15, -0.1) is 0 Å². The first-order valence-electron chi connectivity index (χ1n) is 3.39. The van der Waals surface area contributed by atoms with Crippen molar-refractivity contribution in [3.8, 4) is 0 Å². The second-order valence-electron chi connectivity index (χ2n) is 3.33. The molecule has 10 heavy (non-hydrogen) atoms. The molecule has 1 fully saturated rings. The molecular formula is C7H13NO2. The van der Waals surface area contributed by atoms with Crippen LogP contribution in [0.5, 0.6) is 0 Å². The SMILES string of the molecule is COC(=O)[C@H]1NCC1(C)C. The van der Waals surface area contributed by atoms with Crippen LogP contribution in [-0.2, 0) is 9.53 Å². The fourth-order valence-corrected chi connectivity index (χ4v) is 1.13. The summed E-state index contributed by atoms with van der Waals surface area (Å²) < 4.78 is 4.59. The summed E-state index contributed by atoms with van der Waals surface area (Å²) in [5.41, 5.74) is 0.0765. The van der Waals surface area contributed by atoms with E-state index in [1.807, 2.05) is 13.8 Å². The Kier molecular flexibility index (Phi) is 1.68. The quantitative estimate of drug-likeness (QED) is 0.531. The van der Waals surface area contributed by atoms with Gasteiger partial charge in [0.25, 0.3) is 0 Å². The minimum Gasteiger partial charge on any atom is -0.468 e. The van der Waals surface area contributed by atoms with Crippen molar-refractivity contribution < 1.29 is 9.53 Å². The van der Waals surface area contributed by atoms with E-state index in [-0.39, 0.29) is 17.4 Å². The first kappa shape index (κ1) is 7.54. The van der Waals surface area contributed by atoms with Gasteiger partial charge in [-0.05, 0) is 0 Å². The van der Waals surface area contributed by atoms with Gasteiger partial charge in [0.15, 0.2) is 0 Å². The lowest BCUT2D eigenvalue weighted by Gasteiger charge is -2.43.